The third-order valence-corrected chi connectivity index (χ3v) is 4.04. The van der Waals surface area contributed by atoms with Crippen molar-refractivity contribution in [1.82, 2.24) is 15.1 Å². The van der Waals surface area contributed by atoms with Gasteiger partial charge in [-0.1, -0.05) is 12.1 Å². The SMILES string of the molecule is COC(=O)Nc1ccc(CNC(=O)c2ccc(-n3nccc3C)cc2)cc1. The molecule has 2 N–H and O–H groups in total. The third kappa shape index (κ3) is 4.52. The van der Waals surface area contributed by atoms with Gasteiger partial charge < -0.3 is 10.1 Å². The molecule has 0 fully saturated rings. The number of nitrogens with one attached hydrogen (secondary N) is 2. The summed E-state index contributed by atoms with van der Waals surface area (Å²) in [6.07, 6.45) is 1.21. The van der Waals surface area contributed by atoms with E-state index in [2.05, 4.69) is 20.5 Å². The second-order valence-corrected chi connectivity index (χ2v) is 5.93. The number of amides is 2. The highest BCUT2D eigenvalue weighted by molar-refractivity contribution is 5.94. The zero-order valence-corrected chi connectivity index (χ0v) is 15.1. The standard InChI is InChI=1S/C20H20N4O3/c1-14-11-12-22-24(14)18-9-5-16(6-10-18)19(25)21-13-15-3-7-17(8-4-15)23-20(26)27-2/h3-12H,13H2,1-2H3,(H,21,25)(H,23,26). The van der Waals surface area contributed by atoms with Crippen LogP contribution in [0.1, 0.15) is 21.6 Å². The van der Waals surface area contributed by atoms with Crippen molar-refractivity contribution in [2.75, 3.05) is 12.4 Å². The molecule has 1 aromatic heterocycles. The molecular formula is C20H20N4O3. The highest BCUT2D eigenvalue weighted by Crippen LogP contribution is 2.12. The van der Waals surface area contributed by atoms with Crippen LogP contribution in [0.15, 0.2) is 60.8 Å². The van der Waals surface area contributed by atoms with Crippen LogP contribution in [-0.2, 0) is 11.3 Å². The maximum Gasteiger partial charge on any atom is 0.411 e. The number of nitrogens with zero attached hydrogens (tertiary/aromatic N) is 2. The fourth-order valence-electron chi connectivity index (χ4n) is 2.55. The van der Waals surface area contributed by atoms with Gasteiger partial charge in [-0.2, -0.15) is 5.10 Å². The Morgan fingerprint density at radius 2 is 1.74 bits per heavy atom. The normalized spacial score (nSPS) is 10.3. The van der Waals surface area contributed by atoms with Crippen LogP contribution in [0, 0.1) is 6.92 Å². The van der Waals surface area contributed by atoms with Crippen molar-refractivity contribution in [1.29, 1.82) is 0 Å². The number of carbonyl (C=O) groups excluding carboxylic acids is 2. The Kier molecular flexibility index (Phi) is 5.51. The summed E-state index contributed by atoms with van der Waals surface area (Å²) in [5.74, 6) is -0.157. The molecule has 7 nitrogen and oxygen atoms in total. The lowest BCUT2D eigenvalue weighted by Gasteiger charge is -2.08. The first kappa shape index (κ1) is 18.2. The van der Waals surface area contributed by atoms with Crippen molar-refractivity contribution in [2.24, 2.45) is 0 Å². The lowest BCUT2D eigenvalue weighted by Crippen LogP contribution is -2.22. The quantitative estimate of drug-likeness (QED) is 0.727. The summed E-state index contributed by atoms with van der Waals surface area (Å²) < 4.78 is 6.35. The van der Waals surface area contributed by atoms with Gasteiger partial charge in [-0.15, -0.1) is 0 Å². The van der Waals surface area contributed by atoms with Crippen molar-refractivity contribution >= 4 is 17.7 Å². The van der Waals surface area contributed by atoms with Crippen LogP contribution in [0.4, 0.5) is 10.5 Å². The number of anilines is 1. The first-order valence-corrected chi connectivity index (χ1v) is 8.40. The molecule has 0 aliphatic carbocycles. The van der Waals surface area contributed by atoms with Gasteiger partial charge in [0.25, 0.3) is 5.91 Å². The van der Waals surface area contributed by atoms with Gasteiger partial charge in [0.1, 0.15) is 0 Å². The van der Waals surface area contributed by atoms with Gasteiger partial charge in [-0.25, -0.2) is 9.48 Å². The fraction of sp³-hybridized carbons (Fsp3) is 0.150. The van der Waals surface area contributed by atoms with Gasteiger partial charge in [0.2, 0.25) is 0 Å². The van der Waals surface area contributed by atoms with Crippen LogP contribution in [0.2, 0.25) is 0 Å². The van der Waals surface area contributed by atoms with Crippen molar-refractivity contribution in [3.05, 3.63) is 77.6 Å². The van der Waals surface area contributed by atoms with Crippen LogP contribution in [0.25, 0.3) is 5.69 Å². The highest BCUT2D eigenvalue weighted by Gasteiger charge is 2.07. The molecule has 3 aromatic rings. The second kappa shape index (κ2) is 8.18. The number of hydrogen-bond acceptors (Lipinski definition) is 4. The molecular weight excluding hydrogens is 344 g/mol. The second-order valence-electron chi connectivity index (χ2n) is 5.93. The molecule has 0 atom stereocenters. The van der Waals surface area contributed by atoms with E-state index in [9.17, 15) is 9.59 Å². The van der Waals surface area contributed by atoms with E-state index in [1.165, 1.54) is 7.11 Å². The Labute approximate surface area is 157 Å². The lowest BCUT2D eigenvalue weighted by atomic mass is 10.1. The van der Waals surface area contributed by atoms with Crippen molar-refractivity contribution in [3.8, 4) is 5.69 Å². The summed E-state index contributed by atoms with van der Waals surface area (Å²) in [6, 6.07) is 16.4. The van der Waals surface area contributed by atoms with E-state index in [0.29, 0.717) is 17.8 Å². The van der Waals surface area contributed by atoms with Crippen LogP contribution in [0.3, 0.4) is 0 Å². The number of aryl methyl sites for hydroxylation is 1. The maximum absolute atomic E-state index is 12.3. The summed E-state index contributed by atoms with van der Waals surface area (Å²) in [5, 5.41) is 9.70. The monoisotopic (exact) mass is 364 g/mol. The molecule has 1 heterocycles. The van der Waals surface area contributed by atoms with Gasteiger partial charge in [0, 0.05) is 29.7 Å². The molecule has 0 aliphatic heterocycles. The number of benzene rings is 2. The lowest BCUT2D eigenvalue weighted by molar-refractivity contribution is 0.0951. The molecule has 2 amide bonds. The van der Waals surface area contributed by atoms with Crippen molar-refractivity contribution in [2.45, 2.75) is 13.5 Å². The minimum Gasteiger partial charge on any atom is -0.453 e. The number of aromatic nitrogens is 2. The average molecular weight is 364 g/mol. The molecule has 0 spiro atoms. The molecule has 7 heteroatoms. The van der Waals surface area contributed by atoms with Crippen LogP contribution in [0.5, 0.6) is 0 Å². The fourth-order valence-corrected chi connectivity index (χ4v) is 2.55. The summed E-state index contributed by atoms with van der Waals surface area (Å²) >= 11 is 0. The number of ether oxygens (including phenoxy) is 1. The first-order valence-electron chi connectivity index (χ1n) is 8.40. The molecule has 3 rings (SSSR count). The Morgan fingerprint density at radius 1 is 1.04 bits per heavy atom. The van der Waals surface area contributed by atoms with Gasteiger partial charge in [0.15, 0.2) is 0 Å². The van der Waals surface area contributed by atoms with Crippen LogP contribution in [-0.4, -0.2) is 28.9 Å². The van der Waals surface area contributed by atoms with Crippen molar-refractivity contribution in [3.63, 3.8) is 0 Å². The Hall–Kier alpha value is -3.61. The number of methoxy groups -OCH3 is 1. The van der Waals surface area contributed by atoms with Gasteiger partial charge in [-0.3, -0.25) is 10.1 Å². The Bertz CT molecular complexity index is 931. The van der Waals surface area contributed by atoms with Gasteiger partial charge in [0.05, 0.1) is 12.8 Å². The molecule has 0 saturated carbocycles. The molecule has 0 radical (unpaired) electrons. The van der Waals surface area contributed by atoms with E-state index in [1.54, 1.807) is 30.5 Å². The van der Waals surface area contributed by atoms with Crippen LogP contribution < -0.4 is 10.6 Å². The largest absolute Gasteiger partial charge is 0.453 e. The topological polar surface area (TPSA) is 85.3 Å². The minimum atomic E-state index is -0.523. The van der Waals surface area contributed by atoms with E-state index < -0.39 is 6.09 Å². The summed E-state index contributed by atoms with van der Waals surface area (Å²) in [5.41, 5.74) is 4.05. The third-order valence-electron chi connectivity index (χ3n) is 4.04. The smallest absolute Gasteiger partial charge is 0.411 e. The van der Waals surface area contributed by atoms with E-state index in [1.807, 2.05) is 41.9 Å². The zero-order chi connectivity index (χ0) is 19.2. The first-order chi connectivity index (χ1) is 13.1. The van der Waals surface area contributed by atoms with E-state index in [4.69, 9.17) is 0 Å². The summed E-state index contributed by atoms with van der Waals surface area (Å²) in [6.45, 7) is 2.36. The molecule has 138 valence electrons. The number of carbonyl (C=O) groups is 2. The zero-order valence-electron chi connectivity index (χ0n) is 15.1. The number of hydrogen-bond donors (Lipinski definition) is 2. The highest BCUT2D eigenvalue weighted by atomic mass is 16.5. The number of rotatable bonds is 5. The Balaban J connectivity index is 1.57. The maximum atomic E-state index is 12.3. The predicted molar refractivity (Wildman–Crippen MR) is 102 cm³/mol. The molecule has 0 saturated heterocycles. The van der Waals surface area contributed by atoms with E-state index >= 15 is 0 Å². The molecule has 27 heavy (non-hydrogen) atoms. The molecule has 0 unspecified atom stereocenters. The van der Waals surface area contributed by atoms with Crippen LogP contribution >= 0.6 is 0 Å². The Morgan fingerprint density at radius 3 is 2.33 bits per heavy atom. The summed E-state index contributed by atoms with van der Waals surface area (Å²) in [4.78, 5) is 23.5. The molecule has 0 aliphatic rings. The van der Waals surface area contributed by atoms with Gasteiger partial charge >= 0.3 is 6.09 Å². The van der Waals surface area contributed by atoms with E-state index in [-0.39, 0.29) is 5.91 Å². The predicted octanol–water partition coefficient (Wildman–Crippen LogP) is 3.29. The van der Waals surface area contributed by atoms with Crippen molar-refractivity contribution < 1.29 is 14.3 Å². The molecule has 0 bridgehead atoms. The average Bonchev–Trinajstić information content (AvgIpc) is 3.13. The minimum absolute atomic E-state index is 0.157. The van der Waals surface area contributed by atoms with Gasteiger partial charge in [-0.05, 0) is 55.0 Å². The van der Waals surface area contributed by atoms with E-state index in [0.717, 1.165) is 16.9 Å². The summed E-state index contributed by atoms with van der Waals surface area (Å²) in [7, 11) is 1.31. The molecule has 2 aromatic carbocycles.